The second-order valence-corrected chi connectivity index (χ2v) is 5.81. The first kappa shape index (κ1) is 16.9. The Hall–Kier alpha value is -2.90. The highest BCUT2D eigenvalue weighted by molar-refractivity contribution is 5.88. The third-order valence-corrected chi connectivity index (χ3v) is 3.92. The lowest BCUT2D eigenvalue weighted by molar-refractivity contribution is 0.222. The Kier molecular flexibility index (Phi) is 5.27. The zero-order valence-corrected chi connectivity index (χ0v) is 13.7. The van der Waals surface area contributed by atoms with E-state index in [9.17, 15) is 9.18 Å². The van der Waals surface area contributed by atoms with E-state index in [-0.39, 0.29) is 18.4 Å². The van der Waals surface area contributed by atoms with E-state index in [1.54, 1.807) is 17.0 Å². The molecule has 8 heteroatoms. The Morgan fingerprint density at radius 1 is 1.28 bits per heavy atom. The third-order valence-electron chi connectivity index (χ3n) is 3.92. The average molecular weight is 345 g/mol. The normalized spacial score (nSPS) is 13.7. The topological polar surface area (TPSA) is 93.4 Å². The molecule has 1 aromatic carbocycles. The number of hydrogen-bond donors (Lipinski definition) is 2. The lowest BCUT2D eigenvalue weighted by Crippen LogP contribution is -2.32. The highest BCUT2D eigenvalue weighted by Crippen LogP contribution is 2.19. The molecule has 0 saturated carbocycles. The molecule has 2 aromatic rings. The van der Waals surface area contributed by atoms with Crippen molar-refractivity contribution in [3.05, 3.63) is 42.1 Å². The SMILES string of the molecule is Nc1ccc(OCCc2cc(NC(=O)N3CCCC3)ncn2)c(F)c1. The van der Waals surface area contributed by atoms with Crippen LogP contribution in [0.25, 0.3) is 0 Å². The number of ether oxygens (including phenoxy) is 1. The lowest BCUT2D eigenvalue weighted by atomic mass is 10.3. The van der Waals surface area contributed by atoms with E-state index >= 15 is 0 Å². The molecule has 25 heavy (non-hydrogen) atoms. The van der Waals surface area contributed by atoms with Gasteiger partial charge in [0, 0.05) is 43.0 Å². The first-order chi connectivity index (χ1) is 12.1. The van der Waals surface area contributed by atoms with E-state index in [1.807, 2.05) is 0 Å². The summed E-state index contributed by atoms with van der Waals surface area (Å²) in [6.07, 6.45) is 3.90. The predicted octanol–water partition coefficient (Wildman–Crippen LogP) is 2.45. The number of amides is 2. The molecule has 1 aliphatic heterocycles. The Morgan fingerprint density at radius 3 is 2.84 bits per heavy atom. The molecule has 3 rings (SSSR count). The molecule has 0 spiro atoms. The van der Waals surface area contributed by atoms with Crippen molar-refractivity contribution >= 4 is 17.5 Å². The minimum absolute atomic E-state index is 0.144. The van der Waals surface area contributed by atoms with Crippen molar-refractivity contribution in [2.75, 3.05) is 30.7 Å². The van der Waals surface area contributed by atoms with Crippen molar-refractivity contribution in [1.82, 2.24) is 14.9 Å². The fraction of sp³-hybridized carbons (Fsp3) is 0.353. The van der Waals surface area contributed by atoms with Gasteiger partial charge in [-0.1, -0.05) is 0 Å². The molecule has 1 saturated heterocycles. The summed E-state index contributed by atoms with van der Waals surface area (Å²) in [5.41, 5.74) is 6.54. The van der Waals surface area contributed by atoms with Crippen LogP contribution in [0.4, 0.5) is 20.7 Å². The Labute approximate surface area is 145 Å². The minimum atomic E-state index is -0.499. The van der Waals surface area contributed by atoms with Crippen LogP contribution < -0.4 is 15.8 Å². The van der Waals surface area contributed by atoms with Crippen molar-refractivity contribution in [2.45, 2.75) is 19.3 Å². The fourth-order valence-corrected chi connectivity index (χ4v) is 2.61. The van der Waals surface area contributed by atoms with Crippen molar-refractivity contribution in [3.63, 3.8) is 0 Å². The van der Waals surface area contributed by atoms with Gasteiger partial charge >= 0.3 is 6.03 Å². The van der Waals surface area contributed by atoms with Gasteiger partial charge in [-0.2, -0.15) is 0 Å². The summed E-state index contributed by atoms with van der Waals surface area (Å²) in [4.78, 5) is 22.0. The molecule has 0 radical (unpaired) electrons. The maximum absolute atomic E-state index is 13.6. The number of hydrogen-bond acceptors (Lipinski definition) is 5. The van der Waals surface area contributed by atoms with Crippen molar-refractivity contribution in [2.24, 2.45) is 0 Å². The quantitative estimate of drug-likeness (QED) is 0.812. The Balaban J connectivity index is 1.53. The van der Waals surface area contributed by atoms with Gasteiger partial charge in [0.25, 0.3) is 0 Å². The van der Waals surface area contributed by atoms with Gasteiger partial charge in [0.05, 0.1) is 6.61 Å². The van der Waals surface area contributed by atoms with Crippen LogP contribution in [0.1, 0.15) is 18.5 Å². The average Bonchev–Trinajstić information content (AvgIpc) is 3.12. The minimum Gasteiger partial charge on any atom is -0.490 e. The molecule has 1 aromatic heterocycles. The van der Waals surface area contributed by atoms with Gasteiger partial charge in [0.1, 0.15) is 12.1 Å². The molecule has 0 aliphatic carbocycles. The van der Waals surface area contributed by atoms with Crippen LogP contribution in [0.3, 0.4) is 0 Å². The van der Waals surface area contributed by atoms with Crippen LogP contribution in [-0.4, -0.2) is 40.6 Å². The smallest absolute Gasteiger partial charge is 0.323 e. The molecular formula is C17H20FN5O2. The summed E-state index contributed by atoms with van der Waals surface area (Å²) < 4.78 is 19.1. The number of urea groups is 1. The summed E-state index contributed by atoms with van der Waals surface area (Å²) in [5.74, 6) is 0.0904. The summed E-state index contributed by atoms with van der Waals surface area (Å²) in [5, 5.41) is 2.77. The fourth-order valence-electron chi connectivity index (χ4n) is 2.61. The number of likely N-dealkylation sites (tertiary alicyclic amines) is 1. The molecule has 1 fully saturated rings. The molecule has 132 valence electrons. The van der Waals surface area contributed by atoms with Crippen molar-refractivity contribution in [1.29, 1.82) is 0 Å². The van der Waals surface area contributed by atoms with Gasteiger partial charge in [-0.3, -0.25) is 5.32 Å². The van der Waals surface area contributed by atoms with E-state index < -0.39 is 5.82 Å². The molecule has 7 nitrogen and oxygen atoms in total. The summed E-state index contributed by atoms with van der Waals surface area (Å²) >= 11 is 0. The van der Waals surface area contributed by atoms with Crippen LogP contribution in [0.2, 0.25) is 0 Å². The number of carbonyl (C=O) groups is 1. The molecule has 1 aliphatic rings. The molecule has 2 heterocycles. The van der Waals surface area contributed by atoms with Gasteiger partial charge in [-0.15, -0.1) is 0 Å². The Bertz CT molecular complexity index is 750. The summed E-state index contributed by atoms with van der Waals surface area (Å²) in [6, 6.07) is 5.83. The monoisotopic (exact) mass is 345 g/mol. The van der Waals surface area contributed by atoms with Crippen LogP contribution in [0.5, 0.6) is 5.75 Å². The van der Waals surface area contributed by atoms with Crippen LogP contribution in [-0.2, 0) is 6.42 Å². The van der Waals surface area contributed by atoms with Gasteiger partial charge in [0.2, 0.25) is 0 Å². The Morgan fingerprint density at radius 2 is 2.08 bits per heavy atom. The first-order valence-corrected chi connectivity index (χ1v) is 8.16. The predicted molar refractivity (Wildman–Crippen MR) is 91.9 cm³/mol. The highest BCUT2D eigenvalue weighted by Gasteiger charge is 2.18. The molecular weight excluding hydrogens is 325 g/mol. The van der Waals surface area contributed by atoms with Gasteiger partial charge < -0.3 is 15.4 Å². The number of benzene rings is 1. The number of rotatable bonds is 5. The zero-order valence-electron chi connectivity index (χ0n) is 13.7. The van der Waals surface area contributed by atoms with Crippen molar-refractivity contribution in [3.8, 4) is 5.75 Å². The van der Waals surface area contributed by atoms with Gasteiger partial charge in [-0.25, -0.2) is 19.2 Å². The maximum Gasteiger partial charge on any atom is 0.323 e. The standard InChI is InChI=1S/C17H20FN5O2/c18-14-9-12(19)3-4-15(14)25-8-5-13-10-16(21-11-20-13)22-17(24)23-6-1-2-7-23/h3-4,9-11H,1-2,5-8,19H2,(H,20,21,22,24). The molecule has 0 unspecified atom stereocenters. The van der Waals surface area contributed by atoms with E-state index in [0.29, 0.717) is 23.6 Å². The number of aromatic nitrogens is 2. The second-order valence-electron chi connectivity index (χ2n) is 5.81. The van der Waals surface area contributed by atoms with E-state index in [1.165, 1.54) is 18.5 Å². The number of nitrogens with one attached hydrogen (secondary N) is 1. The van der Waals surface area contributed by atoms with E-state index in [4.69, 9.17) is 10.5 Å². The number of nitrogen functional groups attached to an aromatic ring is 1. The number of halogens is 1. The highest BCUT2D eigenvalue weighted by atomic mass is 19.1. The second kappa shape index (κ2) is 7.78. The molecule has 0 atom stereocenters. The largest absolute Gasteiger partial charge is 0.490 e. The van der Waals surface area contributed by atoms with Crippen LogP contribution >= 0.6 is 0 Å². The summed E-state index contributed by atoms with van der Waals surface area (Å²) in [7, 11) is 0. The summed E-state index contributed by atoms with van der Waals surface area (Å²) in [6.45, 7) is 1.78. The molecule has 0 bridgehead atoms. The zero-order chi connectivity index (χ0) is 17.6. The van der Waals surface area contributed by atoms with Crippen LogP contribution in [0, 0.1) is 5.82 Å². The number of nitrogens with two attached hydrogens (primary N) is 1. The number of nitrogens with zero attached hydrogens (tertiary/aromatic N) is 3. The van der Waals surface area contributed by atoms with Gasteiger partial charge in [0.15, 0.2) is 11.6 Å². The first-order valence-electron chi connectivity index (χ1n) is 8.16. The lowest BCUT2D eigenvalue weighted by Gasteiger charge is -2.15. The molecule has 3 N–H and O–H groups in total. The van der Waals surface area contributed by atoms with E-state index in [2.05, 4.69) is 15.3 Å². The van der Waals surface area contributed by atoms with Crippen molar-refractivity contribution < 1.29 is 13.9 Å². The number of anilines is 2. The third kappa shape index (κ3) is 4.56. The van der Waals surface area contributed by atoms with Crippen LogP contribution in [0.15, 0.2) is 30.6 Å². The maximum atomic E-state index is 13.6. The van der Waals surface area contributed by atoms with E-state index in [0.717, 1.165) is 25.9 Å². The molecule has 2 amide bonds. The number of carbonyl (C=O) groups excluding carboxylic acids is 1. The van der Waals surface area contributed by atoms with Gasteiger partial charge in [-0.05, 0) is 25.0 Å².